The molecule has 0 atom stereocenters. The number of rotatable bonds is 4. The fourth-order valence-electron chi connectivity index (χ4n) is 4.47. The lowest BCUT2D eigenvalue weighted by molar-refractivity contribution is 0.446. The van der Waals surface area contributed by atoms with Crippen LogP contribution in [0.25, 0.3) is 22.3 Å². The fourth-order valence-corrected chi connectivity index (χ4v) is 4.47. The molecule has 0 bridgehead atoms. The van der Waals surface area contributed by atoms with Crippen LogP contribution in [0.5, 0.6) is 5.75 Å². The molecule has 3 aromatic carbocycles. The zero-order valence-corrected chi connectivity index (χ0v) is 17.5. The van der Waals surface area contributed by atoms with Crippen LogP contribution in [0, 0.1) is 0 Å². The maximum Gasteiger partial charge on any atom is 0.119 e. The number of aryl methyl sites for hydroxylation is 1. The quantitative estimate of drug-likeness (QED) is 0.400. The van der Waals surface area contributed by atoms with Crippen LogP contribution in [0.15, 0.2) is 54.6 Å². The van der Waals surface area contributed by atoms with Crippen LogP contribution < -0.4 is 0 Å². The Morgan fingerprint density at radius 2 is 1.54 bits per heavy atom. The third-order valence-electron chi connectivity index (χ3n) is 5.97. The number of hydrogen-bond donors (Lipinski definition) is 1. The monoisotopic (exact) mass is 370 g/mol. The Labute approximate surface area is 169 Å². The summed E-state index contributed by atoms with van der Waals surface area (Å²) in [5, 5.41) is 10.9. The molecule has 1 heteroatoms. The Bertz CT molecular complexity index is 1020. The van der Waals surface area contributed by atoms with E-state index in [-0.39, 0.29) is 5.41 Å². The number of fused-ring (bicyclic) bond motifs is 3. The first-order chi connectivity index (χ1) is 13.4. The summed E-state index contributed by atoms with van der Waals surface area (Å²) in [6, 6.07) is 19.6. The van der Waals surface area contributed by atoms with Crippen molar-refractivity contribution in [3.05, 3.63) is 76.9 Å². The molecule has 28 heavy (non-hydrogen) atoms. The molecule has 0 heterocycles. The summed E-state index contributed by atoms with van der Waals surface area (Å²) >= 11 is 0. The minimum atomic E-state index is -0.0710. The molecule has 4 rings (SSSR count). The first-order valence-corrected chi connectivity index (χ1v) is 10.5. The average molecular weight is 371 g/mol. The molecule has 1 N–H and O–H groups in total. The van der Waals surface area contributed by atoms with E-state index in [9.17, 15) is 5.11 Å². The number of unbranched alkanes of at least 4 members (excludes halogenated alkanes) is 1. The molecule has 0 fully saturated rings. The van der Waals surface area contributed by atoms with Crippen molar-refractivity contribution in [1.82, 2.24) is 0 Å². The summed E-state index contributed by atoms with van der Waals surface area (Å²) in [6.07, 6.45) is 4.35. The van der Waals surface area contributed by atoms with Crippen molar-refractivity contribution in [2.24, 2.45) is 0 Å². The van der Waals surface area contributed by atoms with E-state index < -0.39 is 0 Å². The van der Waals surface area contributed by atoms with Gasteiger partial charge in [-0.05, 0) is 75.3 Å². The van der Waals surface area contributed by atoms with Crippen molar-refractivity contribution in [2.45, 2.75) is 58.8 Å². The third kappa shape index (κ3) is 3.24. The summed E-state index contributed by atoms with van der Waals surface area (Å²) in [5.74, 6) is 0.413. The molecular weight excluding hydrogens is 340 g/mol. The Morgan fingerprint density at radius 1 is 0.857 bits per heavy atom. The fraction of sp³-hybridized carbons (Fsp3) is 0.333. The van der Waals surface area contributed by atoms with Crippen molar-refractivity contribution in [3.8, 4) is 28.0 Å². The largest absolute Gasteiger partial charge is 0.508 e. The normalized spacial score (nSPS) is 12.7. The molecule has 0 amide bonds. The zero-order valence-electron chi connectivity index (χ0n) is 17.5. The molecule has 1 nitrogen and oxygen atoms in total. The van der Waals surface area contributed by atoms with E-state index in [1.165, 1.54) is 45.4 Å². The predicted octanol–water partition coefficient (Wildman–Crippen LogP) is 7.27. The average Bonchev–Trinajstić information content (AvgIpc) is 3.04. The molecule has 0 saturated carbocycles. The molecule has 0 unspecified atom stereocenters. The van der Waals surface area contributed by atoms with E-state index in [1.54, 1.807) is 0 Å². The number of hydrogen-bond acceptors (Lipinski definition) is 1. The van der Waals surface area contributed by atoms with Gasteiger partial charge in [-0.25, -0.2) is 0 Å². The van der Waals surface area contributed by atoms with E-state index in [4.69, 9.17) is 0 Å². The van der Waals surface area contributed by atoms with E-state index in [0.717, 1.165) is 24.8 Å². The van der Waals surface area contributed by atoms with Gasteiger partial charge < -0.3 is 5.11 Å². The lowest BCUT2D eigenvalue weighted by Crippen LogP contribution is -2.12. The van der Waals surface area contributed by atoms with Crippen LogP contribution in [-0.2, 0) is 18.3 Å². The van der Waals surface area contributed by atoms with Gasteiger partial charge in [0.15, 0.2) is 0 Å². The maximum absolute atomic E-state index is 10.9. The molecule has 1 aliphatic rings. The maximum atomic E-state index is 10.9. The van der Waals surface area contributed by atoms with Crippen molar-refractivity contribution >= 4 is 0 Å². The van der Waals surface area contributed by atoms with Crippen LogP contribution in [-0.4, -0.2) is 5.11 Å². The van der Waals surface area contributed by atoms with Gasteiger partial charge in [0.25, 0.3) is 0 Å². The number of phenols is 1. The van der Waals surface area contributed by atoms with Crippen molar-refractivity contribution < 1.29 is 5.11 Å². The van der Waals surface area contributed by atoms with Gasteiger partial charge in [-0.3, -0.25) is 0 Å². The van der Waals surface area contributed by atoms with Gasteiger partial charge in [-0.1, -0.05) is 82.6 Å². The molecular formula is C27H30O. The Kier molecular flexibility index (Phi) is 4.79. The molecule has 0 aliphatic heterocycles. The Morgan fingerprint density at radius 3 is 2.25 bits per heavy atom. The van der Waals surface area contributed by atoms with Crippen LogP contribution in [0.3, 0.4) is 0 Å². The van der Waals surface area contributed by atoms with Crippen LogP contribution >= 0.6 is 0 Å². The highest BCUT2D eigenvalue weighted by atomic mass is 16.3. The SMILES string of the molecule is CCCCc1cc(C(C)(C)C)c(O)cc1-c1cccc2c1Cc1ccccc1-2. The number of benzene rings is 3. The van der Waals surface area contributed by atoms with Crippen molar-refractivity contribution in [2.75, 3.05) is 0 Å². The van der Waals surface area contributed by atoms with Crippen molar-refractivity contribution in [1.29, 1.82) is 0 Å². The molecule has 3 aromatic rings. The van der Waals surface area contributed by atoms with Gasteiger partial charge in [-0.2, -0.15) is 0 Å². The molecule has 0 saturated heterocycles. The Hall–Kier alpha value is -2.54. The predicted molar refractivity (Wildman–Crippen MR) is 119 cm³/mol. The third-order valence-corrected chi connectivity index (χ3v) is 5.97. The molecule has 0 aromatic heterocycles. The number of phenolic OH excluding ortho intramolecular Hbond substituents is 1. The molecule has 0 radical (unpaired) electrons. The van der Waals surface area contributed by atoms with Gasteiger partial charge in [-0.15, -0.1) is 0 Å². The zero-order chi connectivity index (χ0) is 19.9. The van der Waals surface area contributed by atoms with E-state index in [2.05, 4.69) is 76.2 Å². The molecule has 144 valence electrons. The van der Waals surface area contributed by atoms with Gasteiger partial charge in [0, 0.05) is 0 Å². The smallest absolute Gasteiger partial charge is 0.119 e. The second kappa shape index (κ2) is 7.13. The number of aromatic hydroxyl groups is 1. The van der Waals surface area contributed by atoms with Gasteiger partial charge in [0.05, 0.1) is 0 Å². The van der Waals surface area contributed by atoms with E-state index in [0.29, 0.717) is 5.75 Å². The van der Waals surface area contributed by atoms with E-state index >= 15 is 0 Å². The lowest BCUT2D eigenvalue weighted by Gasteiger charge is -2.24. The minimum Gasteiger partial charge on any atom is -0.508 e. The van der Waals surface area contributed by atoms with Gasteiger partial charge in [0.2, 0.25) is 0 Å². The highest BCUT2D eigenvalue weighted by Crippen LogP contribution is 2.44. The standard InChI is InChI=1S/C27H30O/c1-5-6-10-19-16-25(27(2,3)4)26(28)17-23(19)22-14-9-13-21-20-12-8-7-11-18(20)15-24(21)22/h7-9,11-14,16-17,28H,5-6,10,15H2,1-4H3. The second-order valence-corrected chi connectivity index (χ2v) is 9.05. The van der Waals surface area contributed by atoms with Crippen LogP contribution in [0.4, 0.5) is 0 Å². The summed E-state index contributed by atoms with van der Waals surface area (Å²) in [4.78, 5) is 0. The summed E-state index contributed by atoms with van der Waals surface area (Å²) in [6.45, 7) is 8.74. The summed E-state index contributed by atoms with van der Waals surface area (Å²) < 4.78 is 0. The Balaban J connectivity index is 1.90. The highest BCUT2D eigenvalue weighted by molar-refractivity contribution is 5.86. The first-order valence-electron chi connectivity index (χ1n) is 10.5. The molecule has 1 aliphatic carbocycles. The summed E-state index contributed by atoms with van der Waals surface area (Å²) in [5.41, 5.74) is 10.3. The van der Waals surface area contributed by atoms with Crippen molar-refractivity contribution in [3.63, 3.8) is 0 Å². The highest BCUT2D eigenvalue weighted by Gasteiger charge is 2.25. The molecule has 0 spiro atoms. The van der Waals surface area contributed by atoms with Gasteiger partial charge >= 0.3 is 0 Å². The topological polar surface area (TPSA) is 20.2 Å². The first kappa shape index (κ1) is 18.8. The van der Waals surface area contributed by atoms with Crippen LogP contribution in [0.1, 0.15) is 62.8 Å². The minimum absolute atomic E-state index is 0.0710. The lowest BCUT2D eigenvalue weighted by atomic mass is 9.82. The van der Waals surface area contributed by atoms with E-state index in [1.807, 2.05) is 6.07 Å². The van der Waals surface area contributed by atoms with Crippen LogP contribution in [0.2, 0.25) is 0 Å². The second-order valence-electron chi connectivity index (χ2n) is 9.05. The summed E-state index contributed by atoms with van der Waals surface area (Å²) in [7, 11) is 0. The van der Waals surface area contributed by atoms with Gasteiger partial charge in [0.1, 0.15) is 5.75 Å².